The van der Waals surface area contributed by atoms with Crippen LogP contribution in [0.15, 0.2) is 0 Å². The first-order valence-corrected chi connectivity index (χ1v) is 7.76. The van der Waals surface area contributed by atoms with Crippen molar-refractivity contribution in [3.63, 3.8) is 0 Å². The van der Waals surface area contributed by atoms with Crippen LogP contribution in [0.1, 0.15) is 51.9 Å². The molecule has 0 aromatic rings. The Labute approximate surface area is 120 Å². The summed E-state index contributed by atoms with van der Waals surface area (Å²) in [6.07, 6.45) is 5.55. The van der Waals surface area contributed by atoms with Gasteiger partial charge < -0.3 is 14.7 Å². The monoisotopic (exact) mass is 283 g/mol. The summed E-state index contributed by atoms with van der Waals surface area (Å²) in [5, 5.41) is 8.92. The molecular weight excluding hydrogens is 258 g/mol. The zero-order valence-electron chi connectivity index (χ0n) is 12.2. The molecule has 1 N–H and O–H groups in total. The molecule has 2 rings (SSSR count). The van der Waals surface area contributed by atoms with Crippen molar-refractivity contribution in [2.75, 3.05) is 13.1 Å². The highest BCUT2D eigenvalue weighted by Crippen LogP contribution is 2.25. The number of carbonyl (C=O) groups excluding carboxylic acids is 1. The van der Waals surface area contributed by atoms with E-state index in [4.69, 9.17) is 9.84 Å². The van der Waals surface area contributed by atoms with Crippen molar-refractivity contribution >= 4 is 11.9 Å². The fraction of sp³-hybridized carbons (Fsp3) is 0.867. The summed E-state index contributed by atoms with van der Waals surface area (Å²) in [7, 11) is 0. The zero-order valence-corrected chi connectivity index (χ0v) is 12.2. The summed E-state index contributed by atoms with van der Waals surface area (Å²) in [6.45, 7) is 3.53. The van der Waals surface area contributed by atoms with Crippen molar-refractivity contribution in [2.24, 2.45) is 5.92 Å². The van der Waals surface area contributed by atoms with Gasteiger partial charge in [-0.1, -0.05) is 19.8 Å². The van der Waals surface area contributed by atoms with Crippen LogP contribution in [0.2, 0.25) is 0 Å². The molecule has 2 aliphatic heterocycles. The Kier molecular flexibility index (Phi) is 5.40. The number of hydrogen-bond donors (Lipinski definition) is 1. The number of carboxylic acid groups (broad SMARTS) is 1. The number of rotatable bonds is 5. The molecule has 5 nitrogen and oxygen atoms in total. The maximum absolute atomic E-state index is 12.1. The molecule has 1 amide bonds. The van der Waals surface area contributed by atoms with Gasteiger partial charge in [0, 0.05) is 19.5 Å². The fourth-order valence-corrected chi connectivity index (χ4v) is 3.25. The number of carboxylic acids is 1. The van der Waals surface area contributed by atoms with Gasteiger partial charge in [0.1, 0.15) is 0 Å². The molecule has 0 aromatic heterocycles. The van der Waals surface area contributed by atoms with Gasteiger partial charge in [-0.2, -0.15) is 0 Å². The lowest BCUT2D eigenvalue weighted by atomic mass is 9.96. The van der Waals surface area contributed by atoms with E-state index in [9.17, 15) is 9.59 Å². The average Bonchev–Trinajstić information content (AvgIpc) is 2.81. The van der Waals surface area contributed by atoms with Crippen LogP contribution in [-0.2, 0) is 14.3 Å². The van der Waals surface area contributed by atoms with Gasteiger partial charge in [0.25, 0.3) is 0 Å². The fourth-order valence-electron chi connectivity index (χ4n) is 3.25. The highest BCUT2D eigenvalue weighted by molar-refractivity contribution is 5.76. The van der Waals surface area contributed by atoms with E-state index in [1.165, 1.54) is 12.8 Å². The SMILES string of the molecule is CCCC1CCC(=O)N(CC2CCC(C(=O)O)O2)CC1. The molecule has 0 aromatic carbocycles. The van der Waals surface area contributed by atoms with Gasteiger partial charge in [-0.3, -0.25) is 4.79 Å². The molecule has 3 atom stereocenters. The molecule has 2 saturated heterocycles. The van der Waals surface area contributed by atoms with Crippen molar-refractivity contribution in [3.05, 3.63) is 0 Å². The van der Waals surface area contributed by atoms with Crippen LogP contribution in [0.5, 0.6) is 0 Å². The highest BCUT2D eigenvalue weighted by Gasteiger charge is 2.33. The third-order valence-corrected chi connectivity index (χ3v) is 4.43. The molecule has 0 aliphatic carbocycles. The van der Waals surface area contributed by atoms with Gasteiger partial charge in [-0.05, 0) is 31.6 Å². The normalized spacial score (nSPS) is 31.4. The van der Waals surface area contributed by atoms with Crippen LogP contribution in [0.25, 0.3) is 0 Å². The maximum atomic E-state index is 12.1. The first-order chi connectivity index (χ1) is 9.60. The van der Waals surface area contributed by atoms with Gasteiger partial charge in [-0.15, -0.1) is 0 Å². The second-order valence-electron chi connectivity index (χ2n) is 5.98. The lowest BCUT2D eigenvalue weighted by Crippen LogP contribution is -2.37. The molecule has 0 saturated carbocycles. The molecule has 3 unspecified atom stereocenters. The van der Waals surface area contributed by atoms with E-state index in [1.54, 1.807) is 0 Å². The molecule has 20 heavy (non-hydrogen) atoms. The van der Waals surface area contributed by atoms with E-state index in [-0.39, 0.29) is 12.0 Å². The minimum absolute atomic E-state index is 0.109. The van der Waals surface area contributed by atoms with Crippen molar-refractivity contribution in [1.82, 2.24) is 4.90 Å². The summed E-state index contributed by atoms with van der Waals surface area (Å²) in [5.74, 6) is -0.0334. The Morgan fingerprint density at radius 2 is 2.15 bits per heavy atom. The Morgan fingerprint density at radius 1 is 1.35 bits per heavy atom. The summed E-state index contributed by atoms with van der Waals surface area (Å²) in [5.41, 5.74) is 0. The Morgan fingerprint density at radius 3 is 2.80 bits per heavy atom. The number of carbonyl (C=O) groups is 2. The van der Waals surface area contributed by atoms with E-state index in [2.05, 4.69) is 6.92 Å². The number of aliphatic carboxylic acids is 1. The number of nitrogens with zero attached hydrogens (tertiary/aromatic N) is 1. The van der Waals surface area contributed by atoms with Crippen LogP contribution in [0.4, 0.5) is 0 Å². The van der Waals surface area contributed by atoms with E-state index < -0.39 is 12.1 Å². The largest absolute Gasteiger partial charge is 0.479 e. The quantitative estimate of drug-likeness (QED) is 0.838. The standard InChI is InChI=1S/C15H25NO4/c1-2-3-11-4-7-14(17)16(9-8-11)10-12-5-6-13(20-12)15(18)19/h11-13H,2-10H2,1H3,(H,18,19). The second-order valence-corrected chi connectivity index (χ2v) is 5.98. The van der Waals surface area contributed by atoms with Crippen LogP contribution < -0.4 is 0 Å². The molecular formula is C15H25NO4. The van der Waals surface area contributed by atoms with E-state index >= 15 is 0 Å². The van der Waals surface area contributed by atoms with E-state index in [0.717, 1.165) is 25.8 Å². The van der Waals surface area contributed by atoms with Gasteiger partial charge in [0.15, 0.2) is 6.10 Å². The molecule has 0 spiro atoms. The van der Waals surface area contributed by atoms with E-state index in [1.807, 2.05) is 4.90 Å². The third-order valence-electron chi connectivity index (χ3n) is 4.43. The summed E-state index contributed by atoms with van der Waals surface area (Å²) >= 11 is 0. The minimum atomic E-state index is -0.891. The van der Waals surface area contributed by atoms with Crippen molar-refractivity contribution in [3.8, 4) is 0 Å². The average molecular weight is 283 g/mol. The predicted molar refractivity (Wildman–Crippen MR) is 74.4 cm³/mol. The van der Waals surface area contributed by atoms with Gasteiger partial charge >= 0.3 is 5.97 Å². The lowest BCUT2D eigenvalue weighted by molar-refractivity contribution is -0.150. The van der Waals surface area contributed by atoms with Crippen LogP contribution >= 0.6 is 0 Å². The van der Waals surface area contributed by atoms with Crippen molar-refractivity contribution in [1.29, 1.82) is 0 Å². The Hall–Kier alpha value is -1.10. The summed E-state index contributed by atoms with van der Waals surface area (Å²) in [4.78, 5) is 24.9. The predicted octanol–water partition coefficient (Wildman–Crippen LogP) is 2.05. The smallest absolute Gasteiger partial charge is 0.332 e. The zero-order chi connectivity index (χ0) is 14.5. The molecule has 0 radical (unpaired) electrons. The lowest BCUT2D eigenvalue weighted by Gasteiger charge is -2.24. The maximum Gasteiger partial charge on any atom is 0.332 e. The van der Waals surface area contributed by atoms with Gasteiger partial charge in [-0.25, -0.2) is 4.79 Å². The molecule has 0 bridgehead atoms. The number of ether oxygens (including phenoxy) is 1. The Bertz CT molecular complexity index is 358. The van der Waals surface area contributed by atoms with Gasteiger partial charge in [0.2, 0.25) is 5.91 Å². The number of likely N-dealkylation sites (tertiary alicyclic amines) is 1. The number of amides is 1. The topological polar surface area (TPSA) is 66.8 Å². The first kappa shape index (κ1) is 15.3. The summed E-state index contributed by atoms with van der Waals surface area (Å²) in [6, 6.07) is 0. The molecule has 114 valence electrons. The Balaban J connectivity index is 1.83. The third kappa shape index (κ3) is 3.95. The first-order valence-electron chi connectivity index (χ1n) is 7.76. The molecule has 5 heteroatoms. The second kappa shape index (κ2) is 7.07. The van der Waals surface area contributed by atoms with Crippen molar-refractivity contribution in [2.45, 2.75) is 64.1 Å². The number of hydrogen-bond acceptors (Lipinski definition) is 3. The highest BCUT2D eigenvalue weighted by atomic mass is 16.5. The van der Waals surface area contributed by atoms with Crippen LogP contribution in [0, 0.1) is 5.92 Å². The van der Waals surface area contributed by atoms with Crippen LogP contribution in [0.3, 0.4) is 0 Å². The van der Waals surface area contributed by atoms with Gasteiger partial charge in [0.05, 0.1) is 6.10 Å². The molecule has 2 fully saturated rings. The van der Waals surface area contributed by atoms with Crippen LogP contribution in [-0.4, -0.2) is 47.2 Å². The summed E-state index contributed by atoms with van der Waals surface area (Å²) < 4.78 is 5.50. The van der Waals surface area contributed by atoms with E-state index in [0.29, 0.717) is 25.3 Å². The molecule has 2 aliphatic rings. The minimum Gasteiger partial charge on any atom is -0.479 e. The molecule has 2 heterocycles. The van der Waals surface area contributed by atoms with Crippen molar-refractivity contribution < 1.29 is 19.4 Å².